The fourth-order valence-electron chi connectivity index (χ4n) is 3.26. The van der Waals surface area contributed by atoms with Crippen LogP contribution in [-0.4, -0.2) is 43.5 Å². The van der Waals surface area contributed by atoms with E-state index in [0.29, 0.717) is 38.8 Å². The van der Waals surface area contributed by atoms with E-state index in [1.54, 1.807) is 47.4 Å². The number of nitrogens with one attached hydrogen (secondary N) is 1. The van der Waals surface area contributed by atoms with Crippen molar-refractivity contribution in [1.82, 2.24) is 9.62 Å². The number of amides is 1. The molecule has 2 N–H and O–H groups in total. The van der Waals surface area contributed by atoms with Crippen LogP contribution in [0.25, 0.3) is 0 Å². The molecule has 0 unspecified atom stereocenters. The van der Waals surface area contributed by atoms with Gasteiger partial charge < -0.3 is 10.0 Å². The van der Waals surface area contributed by atoms with Crippen molar-refractivity contribution in [3.05, 3.63) is 60.2 Å². The number of carbonyl (C=O) groups excluding carboxylic acids is 1. The zero-order valence-electron chi connectivity index (χ0n) is 15.0. The van der Waals surface area contributed by atoms with Gasteiger partial charge in [0.05, 0.1) is 4.90 Å². The van der Waals surface area contributed by atoms with Crippen molar-refractivity contribution in [3.63, 3.8) is 0 Å². The molecule has 0 spiro atoms. The maximum absolute atomic E-state index is 12.4. The first-order chi connectivity index (χ1) is 13.0. The summed E-state index contributed by atoms with van der Waals surface area (Å²) in [6, 6.07) is 15.2. The Balaban J connectivity index is 1.48. The molecule has 6 nitrogen and oxygen atoms in total. The van der Waals surface area contributed by atoms with Gasteiger partial charge in [-0.05, 0) is 43.0 Å². The maximum Gasteiger partial charge on any atom is 0.240 e. The molecule has 1 fully saturated rings. The molecule has 0 bridgehead atoms. The normalized spacial score (nSPS) is 15.6. The van der Waals surface area contributed by atoms with E-state index in [9.17, 15) is 18.3 Å². The predicted octanol–water partition coefficient (Wildman–Crippen LogP) is 2.29. The lowest BCUT2D eigenvalue weighted by Crippen LogP contribution is -2.46. The third-order valence-electron chi connectivity index (χ3n) is 4.82. The number of hydrogen-bond donors (Lipinski definition) is 2. The lowest BCUT2D eigenvalue weighted by atomic mass is 10.0. The van der Waals surface area contributed by atoms with Gasteiger partial charge in [-0.2, -0.15) is 0 Å². The predicted molar refractivity (Wildman–Crippen MR) is 103 cm³/mol. The first-order valence-electron chi connectivity index (χ1n) is 9.08. The molecule has 144 valence electrons. The van der Waals surface area contributed by atoms with Gasteiger partial charge in [0.1, 0.15) is 5.75 Å². The van der Waals surface area contributed by atoms with Crippen molar-refractivity contribution < 1.29 is 18.3 Å². The number of rotatable bonds is 6. The highest BCUT2D eigenvalue weighted by molar-refractivity contribution is 7.89. The van der Waals surface area contributed by atoms with E-state index in [4.69, 9.17) is 0 Å². The van der Waals surface area contributed by atoms with E-state index in [1.807, 2.05) is 12.1 Å². The maximum atomic E-state index is 12.4. The van der Waals surface area contributed by atoms with Crippen LogP contribution < -0.4 is 4.72 Å². The Hall–Kier alpha value is -2.38. The highest BCUT2D eigenvalue weighted by Crippen LogP contribution is 2.19. The third-order valence-corrected chi connectivity index (χ3v) is 6.36. The highest BCUT2D eigenvalue weighted by Gasteiger charge is 2.26. The van der Waals surface area contributed by atoms with Gasteiger partial charge in [-0.1, -0.05) is 36.4 Å². The summed E-state index contributed by atoms with van der Waals surface area (Å²) in [7, 11) is -3.53. The summed E-state index contributed by atoms with van der Waals surface area (Å²) in [4.78, 5) is 14.4. The van der Waals surface area contributed by atoms with E-state index in [-0.39, 0.29) is 22.6 Å². The molecule has 2 aromatic carbocycles. The van der Waals surface area contributed by atoms with Crippen LogP contribution in [0.4, 0.5) is 0 Å². The topological polar surface area (TPSA) is 86.7 Å². The number of phenols is 1. The minimum atomic E-state index is -3.53. The van der Waals surface area contributed by atoms with Crippen LogP contribution in [0.5, 0.6) is 5.75 Å². The smallest absolute Gasteiger partial charge is 0.240 e. The molecule has 0 aliphatic carbocycles. The fraction of sp³-hybridized carbons (Fsp3) is 0.350. The van der Waals surface area contributed by atoms with Crippen LogP contribution in [0.1, 0.15) is 24.8 Å². The summed E-state index contributed by atoms with van der Waals surface area (Å²) >= 11 is 0. The van der Waals surface area contributed by atoms with Gasteiger partial charge in [-0.25, -0.2) is 13.1 Å². The van der Waals surface area contributed by atoms with Crippen molar-refractivity contribution in [1.29, 1.82) is 0 Å². The van der Waals surface area contributed by atoms with Gasteiger partial charge in [0.15, 0.2) is 0 Å². The first-order valence-corrected chi connectivity index (χ1v) is 10.6. The van der Waals surface area contributed by atoms with Crippen LogP contribution >= 0.6 is 0 Å². The summed E-state index contributed by atoms with van der Waals surface area (Å²) < 4.78 is 27.5. The Morgan fingerprint density at radius 3 is 2.33 bits per heavy atom. The molecule has 0 radical (unpaired) electrons. The second kappa shape index (κ2) is 8.54. The first kappa shape index (κ1) is 19.4. The van der Waals surface area contributed by atoms with E-state index in [2.05, 4.69) is 4.72 Å². The molecule has 7 heteroatoms. The number of likely N-dealkylation sites (tertiary alicyclic amines) is 1. The summed E-state index contributed by atoms with van der Waals surface area (Å²) in [5, 5.41) is 9.78. The molecule has 27 heavy (non-hydrogen) atoms. The Bertz CT molecular complexity index is 876. The molecule has 3 rings (SSSR count). The second-order valence-electron chi connectivity index (χ2n) is 6.72. The molecule has 2 aromatic rings. The molecule has 0 saturated carbocycles. The molecule has 1 heterocycles. The fourth-order valence-corrected chi connectivity index (χ4v) is 4.58. The molecule has 1 amide bonds. The lowest BCUT2D eigenvalue weighted by molar-refractivity contribution is -0.132. The molecular weight excluding hydrogens is 364 g/mol. The SMILES string of the molecule is O=C(CCc1ccccc1O)N1CCC(NS(=O)(=O)c2ccccc2)CC1. The van der Waals surface area contributed by atoms with E-state index >= 15 is 0 Å². The van der Waals surface area contributed by atoms with Gasteiger partial charge in [0.2, 0.25) is 15.9 Å². The quantitative estimate of drug-likeness (QED) is 0.795. The van der Waals surface area contributed by atoms with Crippen molar-refractivity contribution >= 4 is 15.9 Å². The average molecular weight is 388 g/mol. The zero-order valence-corrected chi connectivity index (χ0v) is 15.9. The number of phenolic OH excluding ortho intramolecular Hbond substituents is 1. The van der Waals surface area contributed by atoms with Crippen LogP contribution in [-0.2, 0) is 21.2 Å². The number of aromatic hydroxyl groups is 1. The molecule has 1 aliphatic heterocycles. The van der Waals surface area contributed by atoms with Crippen molar-refractivity contribution in [2.24, 2.45) is 0 Å². The highest BCUT2D eigenvalue weighted by atomic mass is 32.2. The third kappa shape index (κ3) is 5.08. The number of para-hydroxylation sites is 1. The Morgan fingerprint density at radius 2 is 1.67 bits per heavy atom. The van der Waals surface area contributed by atoms with E-state index in [0.717, 1.165) is 5.56 Å². The summed E-state index contributed by atoms with van der Waals surface area (Å²) in [6.45, 7) is 1.06. The minimum absolute atomic E-state index is 0.0302. The largest absolute Gasteiger partial charge is 0.508 e. The van der Waals surface area contributed by atoms with Crippen LogP contribution in [0, 0.1) is 0 Å². The number of carbonyl (C=O) groups is 1. The molecule has 1 aliphatic rings. The summed E-state index contributed by atoms with van der Waals surface area (Å²) in [5.74, 6) is 0.238. The van der Waals surface area contributed by atoms with Gasteiger partial charge in [-0.3, -0.25) is 4.79 Å². The number of sulfonamides is 1. The number of aryl methyl sites for hydroxylation is 1. The minimum Gasteiger partial charge on any atom is -0.508 e. The van der Waals surface area contributed by atoms with Crippen molar-refractivity contribution in [3.8, 4) is 5.75 Å². The Kier molecular flexibility index (Phi) is 6.13. The summed E-state index contributed by atoms with van der Waals surface area (Å²) in [5.41, 5.74) is 0.761. The Labute approximate surface area is 159 Å². The molecule has 1 saturated heterocycles. The zero-order chi connectivity index (χ0) is 19.3. The van der Waals surface area contributed by atoms with Crippen molar-refractivity contribution in [2.45, 2.75) is 36.6 Å². The van der Waals surface area contributed by atoms with Gasteiger partial charge in [0, 0.05) is 25.6 Å². The second-order valence-corrected chi connectivity index (χ2v) is 8.43. The van der Waals surface area contributed by atoms with Crippen molar-refractivity contribution in [2.75, 3.05) is 13.1 Å². The number of benzene rings is 2. The van der Waals surface area contributed by atoms with Gasteiger partial charge in [0.25, 0.3) is 0 Å². The van der Waals surface area contributed by atoms with Gasteiger partial charge in [-0.15, -0.1) is 0 Å². The lowest BCUT2D eigenvalue weighted by Gasteiger charge is -2.32. The van der Waals surface area contributed by atoms with Crippen LogP contribution in [0.15, 0.2) is 59.5 Å². The van der Waals surface area contributed by atoms with Crippen LogP contribution in [0.3, 0.4) is 0 Å². The number of piperidine rings is 1. The van der Waals surface area contributed by atoms with Gasteiger partial charge >= 0.3 is 0 Å². The van der Waals surface area contributed by atoms with E-state index < -0.39 is 10.0 Å². The number of hydrogen-bond acceptors (Lipinski definition) is 4. The van der Waals surface area contributed by atoms with E-state index in [1.165, 1.54) is 0 Å². The Morgan fingerprint density at radius 1 is 1.04 bits per heavy atom. The molecular formula is C20H24N2O4S. The number of nitrogens with zero attached hydrogens (tertiary/aromatic N) is 1. The average Bonchev–Trinajstić information content (AvgIpc) is 2.68. The molecule has 0 aromatic heterocycles. The van der Waals surface area contributed by atoms with Crippen LogP contribution in [0.2, 0.25) is 0 Å². The molecule has 0 atom stereocenters. The standard InChI is InChI=1S/C20H24N2O4S/c23-19-9-5-4-6-16(19)10-11-20(24)22-14-12-17(13-15-22)21-27(25,26)18-7-2-1-3-8-18/h1-9,17,21,23H,10-15H2. The monoisotopic (exact) mass is 388 g/mol. The summed E-state index contributed by atoms with van der Waals surface area (Å²) in [6.07, 6.45) is 2.01.